The molecule has 1 saturated heterocycles. The van der Waals surface area contributed by atoms with E-state index in [0.717, 1.165) is 35.3 Å². The number of rotatable bonds is 7. The number of hydrogen-bond donors (Lipinski definition) is 2. The van der Waals surface area contributed by atoms with E-state index >= 15 is 0 Å². The van der Waals surface area contributed by atoms with Gasteiger partial charge in [-0.05, 0) is 48.9 Å². The summed E-state index contributed by atoms with van der Waals surface area (Å²) < 4.78 is 29.4. The molecule has 0 radical (unpaired) electrons. The summed E-state index contributed by atoms with van der Waals surface area (Å²) in [4.78, 5) is 13.9. The highest BCUT2D eigenvalue weighted by Crippen LogP contribution is 2.29. The Hall–Kier alpha value is -3.34. The third-order valence-electron chi connectivity index (χ3n) is 5.85. The molecule has 176 valence electrons. The number of sulfonamides is 1. The van der Waals surface area contributed by atoms with Crippen LogP contribution in [-0.2, 0) is 16.6 Å². The number of aryl methyl sites for hydroxylation is 1. The van der Waals surface area contributed by atoms with Crippen LogP contribution in [0.2, 0.25) is 0 Å². The molecular weight excluding hydrogens is 450 g/mol. The van der Waals surface area contributed by atoms with Crippen molar-refractivity contribution < 1.29 is 8.42 Å². The first-order valence-electron chi connectivity index (χ1n) is 11.4. The summed E-state index contributed by atoms with van der Waals surface area (Å²) in [7, 11) is -3.49. The Bertz CT molecular complexity index is 1390. The fraction of sp³-hybridized carbons (Fsp3) is 0.292. The van der Waals surface area contributed by atoms with E-state index < -0.39 is 10.0 Å². The van der Waals surface area contributed by atoms with Gasteiger partial charge in [0.1, 0.15) is 5.65 Å². The van der Waals surface area contributed by atoms with Crippen molar-refractivity contribution in [1.82, 2.24) is 29.1 Å². The second kappa shape index (κ2) is 9.49. The Morgan fingerprint density at radius 3 is 2.59 bits per heavy atom. The molecule has 0 atom stereocenters. The second-order valence-corrected chi connectivity index (χ2v) is 10.1. The Balaban J connectivity index is 1.38. The van der Waals surface area contributed by atoms with E-state index in [9.17, 15) is 8.42 Å². The van der Waals surface area contributed by atoms with Crippen LogP contribution >= 0.6 is 0 Å². The molecule has 1 aromatic carbocycles. The Kier molecular flexibility index (Phi) is 6.27. The first kappa shape index (κ1) is 22.5. The van der Waals surface area contributed by atoms with E-state index in [1.54, 1.807) is 36.7 Å². The van der Waals surface area contributed by atoms with Crippen LogP contribution in [0.15, 0.2) is 66.0 Å². The molecule has 2 N–H and O–H groups in total. The van der Waals surface area contributed by atoms with E-state index in [2.05, 4.69) is 44.4 Å². The van der Waals surface area contributed by atoms with Gasteiger partial charge in [0, 0.05) is 68.0 Å². The van der Waals surface area contributed by atoms with Crippen molar-refractivity contribution >= 4 is 32.7 Å². The predicted octanol–water partition coefficient (Wildman–Crippen LogP) is 3.24. The summed E-state index contributed by atoms with van der Waals surface area (Å²) in [6.45, 7) is 5.31. The van der Waals surface area contributed by atoms with Crippen LogP contribution in [0.3, 0.4) is 0 Å². The van der Waals surface area contributed by atoms with Crippen molar-refractivity contribution in [2.45, 2.75) is 24.8 Å². The minimum absolute atomic E-state index is 0.283. The molecule has 1 aliphatic rings. The maximum absolute atomic E-state index is 12.9. The average Bonchev–Trinajstić information content (AvgIpc) is 3.24. The highest BCUT2D eigenvalue weighted by Gasteiger charge is 2.25. The summed E-state index contributed by atoms with van der Waals surface area (Å²) in [6, 6.07) is 12.6. The molecule has 1 fully saturated rings. The number of benzene rings is 1. The lowest BCUT2D eigenvalue weighted by molar-refractivity contribution is 0.360. The van der Waals surface area contributed by atoms with Crippen LogP contribution in [0.25, 0.3) is 22.3 Å². The molecule has 1 aliphatic heterocycles. The number of hydrogen-bond acceptors (Lipinski definition) is 7. The van der Waals surface area contributed by atoms with Gasteiger partial charge in [0.15, 0.2) is 0 Å². The van der Waals surface area contributed by atoms with Crippen LogP contribution in [-0.4, -0.2) is 58.4 Å². The van der Waals surface area contributed by atoms with Crippen LogP contribution < -0.4 is 10.6 Å². The van der Waals surface area contributed by atoms with E-state index in [0.29, 0.717) is 37.8 Å². The molecule has 34 heavy (non-hydrogen) atoms. The summed E-state index contributed by atoms with van der Waals surface area (Å²) in [5.74, 6) is 0.440. The fourth-order valence-corrected chi connectivity index (χ4v) is 5.62. The Morgan fingerprint density at radius 1 is 1.03 bits per heavy atom. The van der Waals surface area contributed by atoms with E-state index in [1.165, 1.54) is 4.31 Å². The number of fused-ring (bicyclic) bond motifs is 1. The summed E-state index contributed by atoms with van der Waals surface area (Å²) in [5.41, 5.74) is 3.45. The fourth-order valence-electron chi connectivity index (χ4n) is 4.18. The van der Waals surface area contributed by atoms with Crippen molar-refractivity contribution in [3.05, 3.63) is 61.1 Å². The molecule has 0 bridgehead atoms. The summed E-state index contributed by atoms with van der Waals surface area (Å²) in [6.07, 6.45) is 6.62. The van der Waals surface area contributed by atoms with Gasteiger partial charge in [0.2, 0.25) is 16.0 Å². The van der Waals surface area contributed by atoms with Gasteiger partial charge in [-0.15, -0.1) is 0 Å². The van der Waals surface area contributed by atoms with E-state index in [4.69, 9.17) is 4.98 Å². The third kappa shape index (κ3) is 4.39. The van der Waals surface area contributed by atoms with Crippen molar-refractivity contribution in [1.29, 1.82) is 0 Å². The molecule has 0 spiro atoms. The van der Waals surface area contributed by atoms with Crippen molar-refractivity contribution in [2.24, 2.45) is 0 Å². The standard InChI is InChI=1S/C24H27N7O2S/c1-2-14-30-17-21(20-4-3-10-26-23(20)30)22-9-11-27-24(29-22)28-18-5-7-19(8-6-18)34(32,33)31-15-12-25-13-16-31/h3-11,17,25H,2,12-16H2,1H3,(H,27,28,29). The SMILES string of the molecule is CCCn1cc(-c2ccnc(Nc3ccc(S(=O)(=O)N4CCNCC4)cc3)n2)c2cccnc21. The zero-order valence-electron chi connectivity index (χ0n) is 19.0. The zero-order chi connectivity index (χ0) is 23.5. The topological polar surface area (TPSA) is 105 Å². The molecule has 0 aliphatic carbocycles. The zero-order valence-corrected chi connectivity index (χ0v) is 19.8. The first-order valence-corrected chi connectivity index (χ1v) is 12.9. The van der Waals surface area contributed by atoms with E-state index in [-0.39, 0.29) is 4.90 Å². The molecule has 10 heteroatoms. The normalized spacial score (nSPS) is 15.0. The molecule has 9 nitrogen and oxygen atoms in total. The molecular formula is C24H27N7O2S. The minimum atomic E-state index is -3.49. The highest BCUT2D eigenvalue weighted by molar-refractivity contribution is 7.89. The molecule has 0 unspecified atom stereocenters. The number of nitrogens with one attached hydrogen (secondary N) is 2. The predicted molar refractivity (Wildman–Crippen MR) is 132 cm³/mol. The number of anilines is 2. The second-order valence-electron chi connectivity index (χ2n) is 8.18. The van der Waals surface area contributed by atoms with Gasteiger partial charge < -0.3 is 15.2 Å². The number of aromatic nitrogens is 4. The minimum Gasteiger partial charge on any atom is -0.332 e. The molecule has 4 heterocycles. The summed E-state index contributed by atoms with van der Waals surface area (Å²) in [5, 5.41) is 7.41. The Morgan fingerprint density at radius 2 is 1.82 bits per heavy atom. The van der Waals surface area contributed by atoms with Gasteiger partial charge >= 0.3 is 0 Å². The lowest BCUT2D eigenvalue weighted by atomic mass is 10.1. The first-order chi connectivity index (χ1) is 16.6. The monoisotopic (exact) mass is 477 g/mol. The number of nitrogens with zero attached hydrogens (tertiary/aromatic N) is 5. The largest absolute Gasteiger partial charge is 0.332 e. The average molecular weight is 478 g/mol. The van der Waals surface area contributed by atoms with Crippen LogP contribution in [0.5, 0.6) is 0 Å². The van der Waals surface area contributed by atoms with Gasteiger partial charge in [-0.1, -0.05) is 6.92 Å². The maximum atomic E-state index is 12.9. The third-order valence-corrected chi connectivity index (χ3v) is 7.77. The number of piperazine rings is 1. The molecule has 3 aromatic heterocycles. The molecule has 5 rings (SSSR count). The quantitative estimate of drug-likeness (QED) is 0.421. The lowest BCUT2D eigenvalue weighted by Gasteiger charge is -2.26. The van der Waals surface area contributed by atoms with Gasteiger partial charge in [-0.2, -0.15) is 4.31 Å². The van der Waals surface area contributed by atoms with Crippen LogP contribution in [0.4, 0.5) is 11.6 Å². The van der Waals surface area contributed by atoms with Crippen LogP contribution in [0, 0.1) is 0 Å². The molecule has 0 amide bonds. The smallest absolute Gasteiger partial charge is 0.243 e. The van der Waals surface area contributed by atoms with Crippen molar-refractivity contribution in [3.63, 3.8) is 0 Å². The van der Waals surface area contributed by atoms with Gasteiger partial charge in [-0.25, -0.2) is 23.4 Å². The van der Waals surface area contributed by atoms with Gasteiger partial charge in [-0.3, -0.25) is 0 Å². The van der Waals surface area contributed by atoms with Crippen molar-refractivity contribution in [3.8, 4) is 11.3 Å². The van der Waals surface area contributed by atoms with Gasteiger partial charge in [0.25, 0.3) is 0 Å². The van der Waals surface area contributed by atoms with Gasteiger partial charge in [0.05, 0.1) is 10.6 Å². The molecule has 0 saturated carbocycles. The van der Waals surface area contributed by atoms with Crippen LogP contribution in [0.1, 0.15) is 13.3 Å². The summed E-state index contributed by atoms with van der Waals surface area (Å²) >= 11 is 0. The number of pyridine rings is 1. The van der Waals surface area contributed by atoms with E-state index in [1.807, 2.05) is 12.1 Å². The Labute approximate surface area is 198 Å². The van der Waals surface area contributed by atoms with Crippen molar-refractivity contribution in [2.75, 3.05) is 31.5 Å². The molecule has 4 aromatic rings. The highest BCUT2D eigenvalue weighted by atomic mass is 32.2. The lowest BCUT2D eigenvalue weighted by Crippen LogP contribution is -2.46. The maximum Gasteiger partial charge on any atom is 0.243 e.